The van der Waals surface area contributed by atoms with Crippen LogP contribution in [0, 0.1) is 0 Å². The number of aliphatic imine (C=N–C) groups is 6. The number of nitrogens with zero attached hydrogens (tertiary/aromatic N) is 8. The number of aromatic amines is 4. The third-order valence-electron chi connectivity index (χ3n) is 17.6. The highest BCUT2D eigenvalue weighted by Crippen LogP contribution is 2.24. The Morgan fingerprint density at radius 2 is 0.642 bits per heavy atom. The number of guanidine groups is 6. The van der Waals surface area contributed by atoms with Gasteiger partial charge in [0.2, 0.25) is 0 Å². The van der Waals surface area contributed by atoms with Crippen molar-refractivity contribution in [1.29, 1.82) is 0 Å². The number of fused-ring (bicyclic) bond motifs is 6. The normalized spacial score (nSPS) is 11.4. The molecule has 0 saturated carbocycles. The predicted molar refractivity (Wildman–Crippen MR) is 480 cm³/mol. The van der Waals surface area contributed by atoms with Gasteiger partial charge in [-0.2, -0.15) is 9.98 Å². The standard InChI is InChI=1S/3C17H16N4O.3C13H16N4O/c2*18-17(19-11-12-6-2-1-3-7-12)21-16(22)15-10-13-8-4-5-9-14(13)20-15;18-17(19)20-16(22)14-6-7-15-13(10-14)8-9-21(15)11-12-4-2-1-3-5-12;1-8(2)17-6-5-9-7-10(3-4-11(9)17)12(18)16-13(14)15;2*1-8(2)15-13(14)17-12(18)11-7-9-5-3-4-6-10(9)16-11/h2*1-10,20H,11H2,(H3,18,19,21,22);1-10H,11H2,(H4,18,19,20,22);3-8H,1-2H3,(H4,14,15,16,18);2*3-8,16H,1-2H3,(H3,14,15,17,18). The molecule has 30 nitrogen and oxygen atoms in total. The van der Waals surface area contributed by atoms with Crippen LogP contribution in [0.1, 0.15) is 127 Å². The molecule has 6 heterocycles. The van der Waals surface area contributed by atoms with E-state index in [1.807, 2.05) is 240 Å². The quantitative estimate of drug-likeness (QED) is 0.0335. The van der Waals surface area contributed by atoms with Gasteiger partial charge in [-0.15, -0.1) is 0 Å². The number of rotatable bonds is 15. The summed E-state index contributed by atoms with van der Waals surface area (Å²) in [5.74, 6) is -2.00. The fraction of sp³-hybridized carbons (Fsp3) is 0.133. The second kappa shape index (κ2) is 41.8. The maximum atomic E-state index is 12.1. The molecular weight excluding hydrogens is 1510 g/mol. The van der Waals surface area contributed by atoms with E-state index in [0.29, 0.717) is 53.0 Å². The Balaban J connectivity index is 0.000000152. The number of carbonyl (C=O) groups is 6. The Morgan fingerprint density at radius 3 is 0.975 bits per heavy atom. The minimum absolute atomic E-state index is 0.0491. The summed E-state index contributed by atoms with van der Waals surface area (Å²) in [6.45, 7) is 13.4. The molecule has 0 aliphatic rings. The average molecular weight is 1610 g/mol. The molecule has 30 heteroatoms. The number of nitrogens with two attached hydrogens (primary N) is 8. The molecule has 0 atom stereocenters. The van der Waals surface area contributed by atoms with Gasteiger partial charge in [-0.1, -0.05) is 164 Å². The first-order valence-corrected chi connectivity index (χ1v) is 38.1. The summed E-state index contributed by atoms with van der Waals surface area (Å²) in [6, 6.07) is 82.9. The van der Waals surface area contributed by atoms with Gasteiger partial charge in [-0.25, -0.2) is 9.98 Å². The van der Waals surface area contributed by atoms with E-state index in [9.17, 15) is 28.8 Å². The van der Waals surface area contributed by atoms with Crippen LogP contribution in [0.15, 0.2) is 303 Å². The Morgan fingerprint density at radius 1 is 0.333 bits per heavy atom. The molecule has 6 amide bonds. The highest BCUT2D eigenvalue weighted by Gasteiger charge is 2.17. The maximum Gasteiger partial charge on any atom is 0.280 e. The highest BCUT2D eigenvalue weighted by atomic mass is 16.2. The average Bonchev–Trinajstić information content (AvgIpc) is 1.65. The number of H-pyrrole nitrogens is 4. The molecule has 0 radical (unpaired) electrons. The number of hydrogen-bond donors (Lipinski definition) is 16. The van der Waals surface area contributed by atoms with Gasteiger partial charge in [0.15, 0.2) is 35.8 Å². The largest absolute Gasteiger partial charge is 0.370 e. The lowest BCUT2D eigenvalue weighted by molar-refractivity contribution is 0.0964. The zero-order valence-corrected chi connectivity index (χ0v) is 67.0. The van der Waals surface area contributed by atoms with E-state index in [-0.39, 0.29) is 71.5 Å². The van der Waals surface area contributed by atoms with E-state index in [1.54, 1.807) is 48.5 Å². The van der Waals surface area contributed by atoms with Crippen LogP contribution in [0.25, 0.3) is 65.4 Å². The van der Waals surface area contributed by atoms with Gasteiger partial charge in [0.05, 0.1) is 13.1 Å². The van der Waals surface area contributed by atoms with Crippen LogP contribution in [0.5, 0.6) is 0 Å². The molecule has 0 aliphatic heterocycles. The Bertz CT molecular complexity index is 5870. The smallest absolute Gasteiger partial charge is 0.280 e. The molecule has 15 aromatic rings. The summed E-state index contributed by atoms with van der Waals surface area (Å²) in [4.78, 5) is 107. The third-order valence-corrected chi connectivity index (χ3v) is 17.6. The number of para-hydroxylation sites is 4. The molecule has 0 spiro atoms. The molecule has 0 unspecified atom stereocenters. The van der Waals surface area contributed by atoms with Gasteiger partial charge < -0.3 is 74.9 Å². The fourth-order valence-electron chi connectivity index (χ4n) is 12.1. The minimum atomic E-state index is -0.433. The highest BCUT2D eigenvalue weighted by molar-refractivity contribution is 6.10. The van der Waals surface area contributed by atoms with Crippen molar-refractivity contribution < 1.29 is 28.8 Å². The van der Waals surface area contributed by atoms with Crippen molar-refractivity contribution in [2.75, 3.05) is 0 Å². The van der Waals surface area contributed by atoms with Crippen LogP contribution in [0.3, 0.4) is 0 Å². The van der Waals surface area contributed by atoms with Gasteiger partial charge in [-0.3, -0.25) is 60.0 Å². The topological polar surface area (TPSA) is 506 Å². The number of amides is 6. The lowest BCUT2D eigenvalue weighted by Gasteiger charge is -2.09. The molecule has 120 heavy (non-hydrogen) atoms. The summed E-state index contributed by atoms with van der Waals surface area (Å²) in [6.07, 6.45) is 4.01. The summed E-state index contributed by atoms with van der Waals surface area (Å²) < 4.78 is 4.28. The van der Waals surface area contributed by atoms with Gasteiger partial charge >= 0.3 is 0 Å². The second-order valence-corrected chi connectivity index (χ2v) is 28.0. The molecule has 9 aromatic carbocycles. The Labute approximate surface area is 691 Å². The molecule has 0 saturated heterocycles. The zero-order valence-electron chi connectivity index (χ0n) is 67.0. The van der Waals surface area contributed by atoms with Crippen molar-refractivity contribution in [2.45, 2.75) is 79.3 Å². The second-order valence-electron chi connectivity index (χ2n) is 28.0. The number of hydrogen-bond acceptors (Lipinski definition) is 10. The molecule has 0 bridgehead atoms. The minimum Gasteiger partial charge on any atom is -0.370 e. The van der Waals surface area contributed by atoms with E-state index >= 15 is 0 Å². The van der Waals surface area contributed by atoms with Crippen molar-refractivity contribution in [3.63, 3.8) is 0 Å². The summed E-state index contributed by atoms with van der Waals surface area (Å²) in [5.41, 5.74) is 55.5. The zero-order chi connectivity index (χ0) is 85.8. The summed E-state index contributed by atoms with van der Waals surface area (Å²) in [7, 11) is 0. The van der Waals surface area contributed by atoms with Crippen molar-refractivity contribution in [2.24, 2.45) is 75.8 Å². The predicted octanol–water partition coefficient (Wildman–Crippen LogP) is 11.8. The lowest BCUT2D eigenvalue weighted by atomic mass is 10.1. The molecule has 15 rings (SSSR count). The van der Waals surface area contributed by atoms with Crippen LogP contribution in [0.4, 0.5) is 0 Å². The Kier molecular flexibility index (Phi) is 30.0. The van der Waals surface area contributed by atoms with Crippen molar-refractivity contribution in [3.8, 4) is 0 Å². The maximum absolute atomic E-state index is 12.1. The van der Waals surface area contributed by atoms with Gasteiger partial charge in [-0.05, 0) is 155 Å². The van der Waals surface area contributed by atoms with Crippen LogP contribution < -0.4 is 67.1 Å². The Hall–Kier alpha value is -16.1. The van der Waals surface area contributed by atoms with Crippen LogP contribution in [-0.4, -0.2) is 112 Å². The van der Waals surface area contributed by atoms with E-state index in [2.05, 4.69) is 106 Å². The number of aromatic nitrogens is 6. The van der Waals surface area contributed by atoms with Crippen molar-refractivity contribution in [3.05, 3.63) is 324 Å². The lowest BCUT2D eigenvalue weighted by Crippen LogP contribution is -2.37. The molecule has 24 N–H and O–H groups in total. The summed E-state index contributed by atoms with van der Waals surface area (Å²) in [5, 5.41) is 16.2. The monoisotopic (exact) mass is 1610 g/mol. The van der Waals surface area contributed by atoms with E-state index in [0.717, 1.165) is 83.1 Å². The number of benzene rings is 9. The molecule has 0 aliphatic carbocycles. The van der Waals surface area contributed by atoms with Crippen LogP contribution in [0.2, 0.25) is 0 Å². The van der Waals surface area contributed by atoms with E-state index < -0.39 is 11.8 Å². The third kappa shape index (κ3) is 25.4. The summed E-state index contributed by atoms with van der Waals surface area (Å²) >= 11 is 0. The van der Waals surface area contributed by atoms with Crippen LogP contribution >= 0.6 is 0 Å². The molecule has 0 fully saturated rings. The van der Waals surface area contributed by atoms with Crippen molar-refractivity contribution >= 4 is 137 Å². The first-order chi connectivity index (χ1) is 57.7. The first-order valence-electron chi connectivity index (χ1n) is 38.1. The number of carbonyl (C=O) groups excluding carboxylic acids is 6. The van der Waals surface area contributed by atoms with Gasteiger partial charge in [0, 0.05) is 114 Å². The first kappa shape index (κ1) is 86.3. The molecule has 612 valence electrons. The van der Waals surface area contributed by atoms with E-state index in [1.165, 1.54) is 5.56 Å². The van der Waals surface area contributed by atoms with Crippen molar-refractivity contribution in [1.82, 2.24) is 50.3 Å². The van der Waals surface area contributed by atoms with Gasteiger partial charge in [0.1, 0.15) is 22.8 Å². The molecule has 6 aromatic heterocycles. The van der Waals surface area contributed by atoms with E-state index in [4.69, 9.17) is 45.9 Å². The SMILES string of the molecule is CC(C)N=C(N)NC(=O)c1cc2ccccc2[nH]1.CC(C)N=C(N)NC(=O)c1cc2ccccc2[nH]1.CC(C)n1ccc2cc(C(=O)N=C(N)N)ccc21.NC(=NCc1ccccc1)NC(=O)c1cc2ccccc2[nH]1.NC(=NCc1ccccc1)NC(=O)c1cc2ccccc2[nH]1.NC(N)=NC(=O)c1ccc2c(ccn2Cc2ccccc2)c1. The molecular formula is C90H96N24O6. The number of nitrogens with one attached hydrogen (secondary N) is 8. The van der Waals surface area contributed by atoms with Gasteiger partial charge in [0.25, 0.3) is 35.4 Å². The fourth-order valence-corrected chi connectivity index (χ4v) is 12.1. The van der Waals surface area contributed by atoms with Crippen LogP contribution in [-0.2, 0) is 19.6 Å².